The summed E-state index contributed by atoms with van der Waals surface area (Å²) in [5, 5.41) is 11.1. The van der Waals surface area contributed by atoms with Crippen molar-refractivity contribution in [3.05, 3.63) is 64.2 Å². The molecule has 140 valence electrons. The van der Waals surface area contributed by atoms with Crippen LogP contribution in [0.15, 0.2) is 52.4 Å². The number of anilines is 1. The van der Waals surface area contributed by atoms with Crippen LogP contribution < -0.4 is 15.4 Å². The van der Waals surface area contributed by atoms with E-state index in [2.05, 4.69) is 15.8 Å². The maximum atomic E-state index is 12.0. The smallest absolute Gasteiger partial charge is 0.273 e. The van der Waals surface area contributed by atoms with Crippen molar-refractivity contribution in [1.29, 1.82) is 0 Å². The Morgan fingerprint density at radius 1 is 1.19 bits per heavy atom. The molecule has 0 spiro atoms. The number of aromatic nitrogens is 1. The number of hydrogen-bond donors (Lipinski definition) is 2. The first-order valence-electron chi connectivity index (χ1n) is 8.47. The van der Waals surface area contributed by atoms with Crippen LogP contribution in [0.1, 0.15) is 39.3 Å². The first-order valence-corrected chi connectivity index (χ1v) is 9.35. The van der Waals surface area contributed by atoms with E-state index in [0.717, 1.165) is 6.42 Å². The molecular weight excluding hydrogens is 366 g/mol. The average Bonchev–Trinajstić information content (AvgIpc) is 3.37. The largest absolute Gasteiger partial charge is 0.486 e. The summed E-state index contributed by atoms with van der Waals surface area (Å²) >= 11 is 1.39. The minimum atomic E-state index is -0.266. The SMILES string of the molecule is CCCNC(=O)c1cc(COc2ccc(NC(=O)c3cccs3)cc2)on1. The highest BCUT2D eigenvalue weighted by atomic mass is 32.1. The third-order valence-electron chi connectivity index (χ3n) is 3.57. The lowest BCUT2D eigenvalue weighted by molar-refractivity contribution is 0.0943. The molecule has 0 aliphatic heterocycles. The van der Waals surface area contributed by atoms with Crippen LogP contribution in [0.25, 0.3) is 0 Å². The summed E-state index contributed by atoms with van der Waals surface area (Å²) in [6.07, 6.45) is 0.851. The normalized spacial score (nSPS) is 10.4. The van der Waals surface area contributed by atoms with Gasteiger partial charge in [-0.2, -0.15) is 0 Å². The summed E-state index contributed by atoms with van der Waals surface area (Å²) in [4.78, 5) is 24.5. The van der Waals surface area contributed by atoms with E-state index in [1.807, 2.05) is 18.4 Å². The van der Waals surface area contributed by atoms with Gasteiger partial charge in [0.25, 0.3) is 11.8 Å². The summed E-state index contributed by atoms with van der Waals surface area (Å²) in [6.45, 7) is 2.71. The summed E-state index contributed by atoms with van der Waals surface area (Å²) in [5.41, 5.74) is 0.906. The van der Waals surface area contributed by atoms with Crippen LogP contribution in [0, 0.1) is 0 Å². The van der Waals surface area contributed by atoms with E-state index in [9.17, 15) is 9.59 Å². The monoisotopic (exact) mass is 385 g/mol. The molecule has 0 saturated heterocycles. The molecule has 3 rings (SSSR count). The predicted octanol–water partition coefficient (Wildman–Crippen LogP) is 3.71. The van der Waals surface area contributed by atoms with Gasteiger partial charge in [-0.25, -0.2) is 0 Å². The van der Waals surface area contributed by atoms with Crippen molar-refractivity contribution in [3.63, 3.8) is 0 Å². The molecule has 27 heavy (non-hydrogen) atoms. The fraction of sp³-hybridized carbons (Fsp3) is 0.211. The highest BCUT2D eigenvalue weighted by Crippen LogP contribution is 2.19. The van der Waals surface area contributed by atoms with Crippen LogP contribution in [0.4, 0.5) is 5.69 Å². The van der Waals surface area contributed by atoms with Crippen LogP contribution in [-0.4, -0.2) is 23.5 Å². The first kappa shape index (κ1) is 18.7. The molecule has 0 aliphatic rings. The van der Waals surface area contributed by atoms with Gasteiger partial charge in [-0.3, -0.25) is 9.59 Å². The Hall–Kier alpha value is -3.13. The number of nitrogens with one attached hydrogen (secondary N) is 2. The number of carbonyl (C=O) groups excluding carboxylic acids is 2. The molecule has 2 aromatic heterocycles. The van der Waals surface area contributed by atoms with Gasteiger partial charge < -0.3 is 19.9 Å². The lowest BCUT2D eigenvalue weighted by atomic mass is 10.3. The summed E-state index contributed by atoms with van der Waals surface area (Å²) in [5.74, 6) is 0.649. The second-order valence-corrected chi connectivity index (χ2v) is 6.63. The van der Waals surface area contributed by atoms with Gasteiger partial charge in [0.15, 0.2) is 11.5 Å². The topological polar surface area (TPSA) is 93.5 Å². The molecule has 3 aromatic rings. The number of benzene rings is 1. The molecule has 7 nitrogen and oxygen atoms in total. The molecule has 0 bridgehead atoms. The number of carbonyl (C=O) groups is 2. The molecule has 0 aliphatic carbocycles. The molecule has 2 heterocycles. The Kier molecular flexibility index (Phi) is 6.22. The number of ether oxygens (including phenoxy) is 1. The van der Waals surface area contributed by atoms with Crippen molar-refractivity contribution in [1.82, 2.24) is 10.5 Å². The van der Waals surface area contributed by atoms with Gasteiger partial charge in [0.1, 0.15) is 12.4 Å². The Morgan fingerprint density at radius 2 is 2.00 bits per heavy atom. The van der Waals surface area contributed by atoms with Crippen molar-refractivity contribution in [2.45, 2.75) is 20.0 Å². The number of nitrogens with zero attached hydrogens (tertiary/aromatic N) is 1. The molecule has 0 fully saturated rings. The Bertz CT molecular complexity index is 888. The first-order chi connectivity index (χ1) is 13.2. The van der Waals surface area contributed by atoms with Crippen molar-refractivity contribution in [2.24, 2.45) is 0 Å². The molecular formula is C19H19N3O4S. The summed E-state index contributed by atoms with van der Waals surface area (Å²) in [6, 6.07) is 12.2. The van der Waals surface area contributed by atoms with Crippen LogP contribution >= 0.6 is 11.3 Å². The Balaban J connectivity index is 1.51. The third-order valence-corrected chi connectivity index (χ3v) is 4.43. The number of hydrogen-bond acceptors (Lipinski definition) is 6. The van der Waals surface area contributed by atoms with E-state index in [-0.39, 0.29) is 24.1 Å². The Morgan fingerprint density at radius 3 is 2.70 bits per heavy atom. The number of amides is 2. The quantitative estimate of drug-likeness (QED) is 0.617. The zero-order valence-electron chi connectivity index (χ0n) is 14.7. The fourth-order valence-electron chi connectivity index (χ4n) is 2.21. The lowest BCUT2D eigenvalue weighted by Crippen LogP contribution is -2.24. The predicted molar refractivity (Wildman–Crippen MR) is 102 cm³/mol. The summed E-state index contributed by atoms with van der Waals surface area (Å²) < 4.78 is 10.7. The number of thiophene rings is 1. The molecule has 0 atom stereocenters. The van der Waals surface area contributed by atoms with E-state index < -0.39 is 0 Å². The van der Waals surface area contributed by atoms with Crippen molar-refractivity contribution in [2.75, 3.05) is 11.9 Å². The zero-order chi connectivity index (χ0) is 19.1. The van der Waals surface area contributed by atoms with Gasteiger partial charge in [-0.05, 0) is 42.1 Å². The highest BCUT2D eigenvalue weighted by Gasteiger charge is 2.12. The molecule has 2 N–H and O–H groups in total. The standard InChI is InChI=1S/C19H19N3O4S/c1-2-9-20-18(23)16-11-15(26-22-16)12-25-14-7-5-13(6-8-14)21-19(24)17-4-3-10-27-17/h3-8,10-11H,2,9,12H2,1H3,(H,20,23)(H,21,24). The maximum Gasteiger partial charge on any atom is 0.273 e. The van der Waals surface area contributed by atoms with Crippen LogP contribution in [-0.2, 0) is 6.61 Å². The van der Waals surface area contributed by atoms with Gasteiger partial charge in [0.2, 0.25) is 0 Å². The van der Waals surface area contributed by atoms with Crippen molar-refractivity contribution in [3.8, 4) is 5.75 Å². The van der Waals surface area contributed by atoms with Crippen molar-refractivity contribution < 1.29 is 18.8 Å². The van der Waals surface area contributed by atoms with E-state index in [1.165, 1.54) is 11.3 Å². The minimum Gasteiger partial charge on any atom is -0.486 e. The molecule has 0 unspecified atom stereocenters. The zero-order valence-corrected chi connectivity index (χ0v) is 15.5. The second-order valence-electron chi connectivity index (χ2n) is 5.68. The van der Waals surface area contributed by atoms with Gasteiger partial charge in [-0.15, -0.1) is 11.3 Å². The van der Waals surface area contributed by atoms with Crippen LogP contribution in [0.3, 0.4) is 0 Å². The molecule has 0 radical (unpaired) electrons. The molecule has 0 saturated carbocycles. The minimum absolute atomic E-state index is 0.144. The van der Waals surface area contributed by atoms with E-state index >= 15 is 0 Å². The van der Waals surface area contributed by atoms with Crippen LogP contribution in [0.2, 0.25) is 0 Å². The summed E-state index contributed by atoms with van der Waals surface area (Å²) in [7, 11) is 0. The lowest BCUT2D eigenvalue weighted by Gasteiger charge is -2.06. The highest BCUT2D eigenvalue weighted by molar-refractivity contribution is 7.12. The van der Waals surface area contributed by atoms with Gasteiger partial charge in [0.05, 0.1) is 4.88 Å². The molecule has 8 heteroatoms. The van der Waals surface area contributed by atoms with E-state index in [4.69, 9.17) is 9.26 Å². The van der Waals surface area contributed by atoms with E-state index in [0.29, 0.717) is 28.6 Å². The van der Waals surface area contributed by atoms with Crippen molar-refractivity contribution >= 4 is 28.8 Å². The van der Waals surface area contributed by atoms with Gasteiger partial charge in [0, 0.05) is 18.3 Å². The molecule has 1 aromatic carbocycles. The number of rotatable bonds is 8. The van der Waals surface area contributed by atoms with Crippen LogP contribution in [0.5, 0.6) is 5.75 Å². The van der Waals surface area contributed by atoms with Gasteiger partial charge in [-0.1, -0.05) is 18.1 Å². The fourth-order valence-corrected chi connectivity index (χ4v) is 2.83. The van der Waals surface area contributed by atoms with E-state index in [1.54, 1.807) is 36.4 Å². The average molecular weight is 385 g/mol. The third kappa shape index (κ3) is 5.18. The second kappa shape index (κ2) is 9.00. The molecule has 2 amide bonds. The van der Waals surface area contributed by atoms with Gasteiger partial charge >= 0.3 is 0 Å². The Labute approximate surface area is 160 Å². The maximum absolute atomic E-state index is 12.0.